The molecule has 1 N–H and O–H groups in total. The molecule has 1 amide bonds. The van der Waals surface area contributed by atoms with Crippen molar-refractivity contribution in [2.75, 3.05) is 0 Å². The van der Waals surface area contributed by atoms with Crippen LogP contribution in [0.2, 0.25) is 0 Å². The molecule has 86 valence electrons. The fourth-order valence-electron chi connectivity index (χ4n) is 2.88. The predicted molar refractivity (Wildman–Crippen MR) is 66.4 cm³/mol. The van der Waals surface area contributed by atoms with Gasteiger partial charge in [-0.1, -0.05) is 22.4 Å². The van der Waals surface area contributed by atoms with E-state index in [0.717, 1.165) is 11.4 Å². The van der Waals surface area contributed by atoms with Crippen LogP contribution in [-0.2, 0) is 11.3 Å². The maximum Gasteiger partial charge on any atom is 0.228 e. The van der Waals surface area contributed by atoms with Gasteiger partial charge in [-0.15, -0.1) is 11.3 Å². The topological polar surface area (TPSA) is 42.0 Å². The number of rotatable bonds is 3. The SMILES string of the molecule is O=C(NCc1nccs1)[C@]12CCC[C@H]1[C@@H]2Br. The Bertz CT molecular complexity index is 408. The number of nitrogens with zero attached hydrogens (tertiary/aromatic N) is 1. The fourth-order valence-corrected chi connectivity index (χ4v) is 4.79. The lowest BCUT2D eigenvalue weighted by molar-refractivity contribution is -0.126. The highest BCUT2D eigenvalue weighted by molar-refractivity contribution is 9.09. The predicted octanol–water partition coefficient (Wildman–Crippen LogP) is 2.32. The smallest absolute Gasteiger partial charge is 0.228 e. The monoisotopic (exact) mass is 300 g/mol. The summed E-state index contributed by atoms with van der Waals surface area (Å²) in [5.41, 5.74) is -0.0861. The number of alkyl halides is 1. The summed E-state index contributed by atoms with van der Waals surface area (Å²) in [6.07, 6.45) is 5.20. The van der Waals surface area contributed by atoms with E-state index in [9.17, 15) is 4.79 Å². The minimum Gasteiger partial charge on any atom is -0.349 e. The van der Waals surface area contributed by atoms with Gasteiger partial charge in [0, 0.05) is 16.4 Å². The van der Waals surface area contributed by atoms with E-state index in [0.29, 0.717) is 17.3 Å². The van der Waals surface area contributed by atoms with Crippen molar-refractivity contribution in [3.8, 4) is 0 Å². The van der Waals surface area contributed by atoms with Gasteiger partial charge in [-0.05, 0) is 18.8 Å². The highest BCUT2D eigenvalue weighted by Gasteiger charge is 2.69. The number of aromatic nitrogens is 1. The minimum absolute atomic E-state index is 0.0861. The number of fused-ring (bicyclic) bond motifs is 1. The summed E-state index contributed by atoms with van der Waals surface area (Å²) in [5, 5.41) is 5.93. The van der Waals surface area contributed by atoms with E-state index in [2.05, 4.69) is 26.2 Å². The molecule has 0 bridgehead atoms. The third-order valence-electron chi connectivity index (χ3n) is 3.81. The quantitative estimate of drug-likeness (QED) is 0.871. The van der Waals surface area contributed by atoms with E-state index < -0.39 is 0 Å². The number of halogens is 1. The Hall–Kier alpha value is -0.420. The molecule has 1 heterocycles. The summed E-state index contributed by atoms with van der Waals surface area (Å²) in [5.74, 6) is 0.788. The molecule has 5 heteroatoms. The van der Waals surface area contributed by atoms with Crippen molar-refractivity contribution in [1.82, 2.24) is 10.3 Å². The van der Waals surface area contributed by atoms with Crippen LogP contribution in [0.25, 0.3) is 0 Å². The molecule has 2 aliphatic carbocycles. The summed E-state index contributed by atoms with van der Waals surface area (Å²) in [7, 11) is 0. The molecule has 2 fully saturated rings. The number of nitrogens with one attached hydrogen (secondary N) is 1. The van der Waals surface area contributed by atoms with Gasteiger partial charge < -0.3 is 5.32 Å². The average molecular weight is 301 g/mol. The lowest BCUT2D eigenvalue weighted by Gasteiger charge is -2.12. The van der Waals surface area contributed by atoms with Crippen molar-refractivity contribution in [3.05, 3.63) is 16.6 Å². The van der Waals surface area contributed by atoms with E-state index in [1.54, 1.807) is 17.5 Å². The zero-order valence-electron chi connectivity index (χ0n) is 8.78. The first-order valence-electron chi connectivity index (χ1n) is 5.56. The van der Waals surface area contributed by atoms with Gasteiger partial charge in [0.2, 0.25) is 5.91 Å². The number of carbonyl (C=O) groups excluding carboxylic acids is 1. The van der Waals surface area contributed by atoms with E-state index in [4.69, 9.17) is 0 Å². The second-order valence-electron chi connectivity index (χ2n) is 4.55. The molecule has 0 aliphatic heterocycles. The number of thiazole rings is 1. The number of carbonyl (C=O) groups is 1. The lowest BCUT2D eigenvalue weighted by Crippen LogP contribution is -2.32. The summed E-state index contributed by atoms with van der Waals surface area (Å²) < 4.78 is 0. The van der Waals surface area contributed by atoms with E-state index >= 15 is 0 Å². The van der Waals surface area contributed by atoms with Gasteiger partial charge >= 0.3 is 0 Å². The second kappa shape index (κ2) is 3.81. The van der Waals surface area contributed by atoms with Gasteiger partial charge in [-0.2, -0.15) is 0 Å². The van der Waals surface area contributed by atoms with Crippen LogP contribution in [0.3, 0.4) is 0 Å². The maximum absolute atomic E-state index is 12.2. The molecule has 1 aromatic heterocycles. The van der Waals surface area contributed by atoms with E-state index in [1.807, 2.05) is 5.38 Å². The highest BCUT2D eigenvalue weighted by atomic mass is 79.9. The minimum atomic E-state index is -0.0861. The second-order valence-corrected chi connectivity index (χ2v) is 6.51. The van der Waals surface area contributed by atoms with Gasteiger partial charge in [-0.3, -0.25) is 4.79 Å². The van der Waals surface area contributed by atoms with Crippen LogP contribution in [0.4, 0.5) is 0 Å². The first-order chi connectivity index (χ1) is 7.75. The van der Waals surface area contributed by atoms with Crippen LogP contribution in [-0.4, -0.2) is 15.7 Å². The first-order valence-corrected chi connectivity index (χ1v) is 7.35. The van der Waals surface area contributed by atoms with Crippen LogP contribution >= 0.6 is 27.3 Å². The third kappa shape index (κ3) is 1.44. The molecule has 2 aliphatic rings. The molecule has 0 saturated heterocycles. The van der Waals surface area contributed by atoms with E-state index in [-0.39, 0.29) is 11.3 Å². The molecule has 2 saturated carbocycles. The van der Waals surface area contributed by atoms with Crippen LogP contribution in [0.1, 0.15) is 24.3 Å². The van der Waals surface area contributed by atoms with Gasteiger partial charge in [0.25, 0.3) is 0 Å². The summed E-state index contributed by atoms with van der Waals surface area (Å²) in [4.78, 5) is 16.7. The summed E-state index contributed by atoms with van der Waals surface area (Å²) in [6, 6.07) is 0. The Morgan fingerprint density at radius 1 is 1.75 bits per heavy atom. The summed E-state index contributed by atoms with van der Waals surface area (Å²) >= 11 is 5.21. The fraction of sp³-hybridized carbons (Fsp3) is 0.636. The van der Waals surface area contributed by atoms with Crippen LogP contribution in [0.15, 0.2) is 11.6 Å². The molecule has 16 heavy (non-hydrogen) atoms. The molecule has 0 radical (unpaired) electrons. The third-order valence-corrected chi connectivity index (χ3v) is 6.04. The Labute approximate surface area is 107 Å². The molecule has 0 spiro atoms. The normalized spacial score (nSPS) is 35.8. The van der Waals surface area contributed by atoms with Crippen molar-refractivity contribution in [1.29, 1.82) is 0 Å². The molecule has 3 atom stereocenters. The molecular formula is C11H13BrN2OS. The van der Waals surface area contributed by atoms with Gasteiger partial charge in [0.05, 0.1) is 12.0 Å². The van der Waals surface area contributed by atoms with Crippen molar-refractivity contribution < 1.29 is 4.79 Å². The van der Waals surface area contributed by atoms with Gasteiger partial charge in [0.15, 0.2) is 0 Å². The Morgan fingerprint density at radius 2 is 2.62 bits per heavy atom. The van der Waals surface area contributed by atoms with Crippen molar-refractivity contribution in [3.63, 3.8) is 0 Å². The van der Waals surface area contributed by atoms with Crippen LogP contribution in [0.5, 0.6) is 0 Å². The number of amides is 1. The van der Waals surface area contributed by atoms with Crippen molar-refractivity contribution in [2.45, 2.75) is 30.6 Å². The molecular weight excluding hydrogens is 288 g/mol. The molecule has 0 unspecified atom stereocenters. The Balaban J connectivity index is 1.62. The average Bonchev–Trinajstić information content (AvgIpc) is 2.78. The molecule has 3 nitrogen and oxygen atoms in total. The van der Waals surface area contributed by atoms with Crippen LogP contribution < -0.4 is 5.32 Å². The van der Waals surface area contributed by atoms with Gasteiger partial charge in [0.1, 0.15) is 5.01 Å². The highest BCUT2D eigenvalue weighted by Crippen LogP contribution is 2.67. The van der Waals surface area contributed by atoms with Gasteiger partial charge in [-0.25, -0.2) is 4.98 Å². The van der Waals surface area contributed by atoms with E-state index in [1.165, 1.54) is 12.8 Å². The lowest BCUT2D eigenvalue weighted by atomic mass is 10.0. The van der Waals surface area contributed by atoms with Crippen LogP contribution in [0, 0.1) is 11.3 Å². The number of hydrogen-bond acceptors (Lipinski definition) is 3. The van der Waals surface area contributed by atoms with Crippen molar-refractivity contribution >= 4 is 33.2 Å². The molecule has 0 aromatic carbocycles. The standard InChI is InChI=1S/C11H13BrN2OS/c12-9-7-2-1-3-11(7,9)10(15)14-6-8-13-4-5-16-8/h4-5,7,9H,1-3,6H2,(H,14,15)/t7-,9-,11+/m0/s1. The molecule has 3 rings (SSSR count). The maximum atomic E-state index is 12.2. The first kappa shape index (κ1) is 10.7. The largest absolute Gasteiger partial charge is 0.349 e. The van der Waals surface area contributed by atoms with Crippen molar-refractivity contribution in [2.24, 2.45) is 11.3 Å². The Kier molecular flexibility index (Phi) is 2.55. The zero-order chi connectivity index (χ0) is 11.2. The molecule has 1 aromatic rings. The summed E-state index contributed by atoms with van der Waals surface area (Å²) in [6.45, 7) is 0.574. The number of hydrogen-bond donors (Lipinski definition) is 1. The zero-order valence-corrected chi connectivity index (χ0v) is 11.2. The Morgan fingerprint density at radius 3 is 3.25 bits per heavy atom.